The molecular formula is C21H33B2. The molecule has 2 aromatic carbocycles. The van der Waals surface area contributed by atoms with E-state index in [0.29, 0.717) is 0 Å². The van der Waals surface area contributed by atoms with E-state index in [-0.39, 0.29) is 0 Å². The number of hydrogen-bond acceptors (Lipinski definition) is 0. The zero-order valence-electron chi connectivity index (χ0n) is 16.1. The van der Waals surface area contributed by atoms with Crippen LogP contribution in [-0.4, -0.2) is 14.9 Å². The summed E-state index contributed by atoms with van der Waals surface area (Å²) in [6.07, 6.45) is 4.24. The van der Waals surface area contributed by atoms with Crippen LogP contribution in [0.1, 0.15) is 52.7 Å². The minimum absolute atomic E-state index is 1.23. The van der Waals surface area contributed by atoms with Crippen molar-refractivity contribution in [2.24, 2.45) is 0 Å². The average molecular weight is 307 g/mol. The van der Waals surface area contributed by atoms with E-state index in [1.165, 1.54) is 18.3 Å². The Labute approximate surface area is 147 Å². The van der Waals surface area contributed by atoms with E-state index in [9.17, 15) is 0 Å². The molecule has 23 heavy (non-hydrogen) atoms. The second-order valence-electron chi connectivity index (χ2n) is 3.49. The molecule has 0 saturated carbocycles. The number of rotatable bonds is 2. The van der Waals surface area contributed by atoms with E-state index in [1.807, 2.05) is 77.9 Å². The van der Waals surface area contributed by atoms with Gasteiger partial charge in [-0.1, -0.05) is 114 Å². The quantitative estimate of drug-likeness (QED) is 0.425. The lowest BCUT2D eigenvalue weighted by atomic mass is 9.59. The first-order valence-electron chi connectivity index (χ1n) is 8.64. The van der Waals surface area contributed by atoms with Gasteiger partial charge >= 0.3 is 0 Å². The Morgan fingerprint density at radius 2 is 0.826 bits per heavy atom. The molecule has 0 bridgehead atoms. The SMILES string of the molecule is C(=Cc1ccccc1)c1ccccc1.CC.CC.CC.[B][B]C. The third kappa shape index (κ3) is 18.3. The molecule has 0 spiro atoms. The van der Waals surface area contributed by atoms with Crippen molar-refractivity contribution in [1.82, 2.24) is 0 Å². The zero-order chi connectivity index (χ0) is 18.3. The van der Waals surface area contributed by atoms with Gasteiger partial charge in [-0.05, 0) is 11.1 Å². The fraction of sp³-hybridized carbons (Fsp3) is 0.333. The first-order chi connectivity index (χ1) is 11.4. The minimum Gasteiger partial charge on any atom is -0.101 e. The molecule has 0 unspecified atom stereocenters. The Balaban J connectivity index is -0.000000382. The lowest BCUT2D eigenvalue weighted by Crippen LogP contribution is -1.70. The molecule has 0 fully saturated rings. The van der Waals surface area contributed by atoms with Gasteiger partial charge in [0.1, 0.15) is 0 Å². The molecule has 123 valence electrons. The van der Waals surface area contributed by atoms with E-state index in [0.717, 1.165) is 0 Å². The molecule has 3 radical (unpaired) electrons. The molecule has 0 heterocycles. The Kier molecular flexibility index (Phi) is 28.8. The Hall–Kier alpha value is -1.69. The largest absolute Gasteiger partial charge is 0.101 e. The highest BCUT2D eigenvalue weighted by Crippen LogP contribution is 2.06. The summed E-state index contributed by atoms with van der Waals surface area (Å²) in [5.41, 5.74) is 2.47. The van der Waals surface area contributed by atoms with Crippen molar-refractivity contribution in [1.29, 1.82) is 0 Å². The normalized spacial score (nSPS) is 7.78. The third-order valence-electron chi connectivity index (χ3n) is 2.07. The van der Waals surface area contributed by atoms with Gasteiger partial charge in [0, 0.05) is 7.74 Å². The highest BCUT2D eigenvalue weighted by Gasteiger charge is 1.84. The standard InChI is InChI=1S/C14H12.3C2H6.CH3B2/c1-3-7-13(8-4-1)11-12-14-9-5-2-6-10-14;3*1-2;1-3-2/h1-12H;3*1-2H3;1H3. The minimum atomic E-state index is 1.23. The number of hydrogen-bond donors (Lipinski definition) is 0. The van der Waals surface area contributed by atoms with Crippen molar-refractivity contribution in [3.63, 3.8) is 0 Å². The van der Waals surface area contributed by atoms with E-state index >= 15 is 0 Å². The summed E-state index contributed by atoms with van der Waals surface area (Å²) < 4.78 is 0. The van der Waals surface area contributed by atoms with Crippen LogP contribution in [0.3, 0.4) is 0 Å². The monoisotopic (exact) mass is 307 g/mol. The second kappa shape index (κ2) is 25.3. The third-order valence-corrected chi connectivity index (χ3v) is 2.07. The molecule has 0 saturated heterocycles. The van der Waals surface area contributed by atoms with Crippen LogP contribution in [-0.2, 0) is 0 Å². The van der Waals surface area contributed by atoms with Gasteiger partial charge in [-0.2, -0.15) is 0 Å². The molecule has 0 amide bonds. The van der Waals surface area contributed by atoms with Crippen LogP contribution < -0.4 is 0 Å². The Morgan fingerprint density at radius 1 is 0.609 bits per heavy atom. The topological polar surface area (TPSA) is 0 Å². The summed E-state index contributed by atoms with van der Waals surface area (Å²) in [5, 5.41) is 0. The molecular weight excluding hydrogens is 274 g/mol. The Morgan fingerprint density at radius 3 is 1.04 bits per heavy atom. The lowest BCUT2D eigenvalue weighted by molar-refractivity contribution is 1.50. The first kappa shape index (κ1) is 26.2. The van der Waals surface area contributed by atoms with Crippen LogP contribution >= 0.6 is 0 Å². The van der Waals surface area contributed by atoms with E-state index in [4.69, 9.17) is 7.74 Å². The molecule has 0 N–H and O–H groups in total. The van der Waals surface area contributed by atoms with Gasteiger partial charge in [0.15, 0.2) is 0 Å². The van der Waals surface area contributed by atoms with Gasteiger partial charge < -0.3 is 0 Å². The predicted octanol–water partition coefficient (Wildman–Crippen LogP) is 6.76. The van der Waals surface area contributed by atoms with Gasteiger partial charge in [0.2, 0.25) is 0 Å². The molecule has 0 nitrogen and oxygen atoms in total. The van der Waals surface area contributed by atoms with Crippen LogP contribution in [0.4, 0.5) is 0 Å². The molecule has 0 aromatic heterocycles. The van der Waals surface area contributed by atoms with Gasteiger partial charge in [0.25, 0.3) is 0 Å². The molecule has 2 heteroatoms. The lowest BCUT2D eigenvalue weighted by Gasteiger charge is -1.92. The molecule has 2 aromatic rings. The molecule has 0 atom stereocenters. The summed E-state index contributed by atoms with van der Waals surface area (Å²) >= 11 is 0. The van der Waals surface area contributed by atoms with Gasteiger partial charge in [-0.3, -0.25) is 0 Å². The summed E-state index contributed by atoms with van der Waals surface area (Å²) in [4.78, 5) is 0. The molecule has 0 aliphatic heterocycles. The summed E-state index contributed by atoms with van der Waals surface area (Å²) in [6, 6.07) is 20.6. The van der Waals surface area contributed by atoms with Crippen molar-refractivity contribution in [3.05, 3.63) is 71.8 Å². The summed E-state index contributed by atoms with van der Waals surface area (Å²) in [7, 11) is 6.22. The molecule has 0 aliphatic rings. The molecule has 2 rings (SSSR count). The van der Waals surface area contributed by atoms with E-state index in [1.54, 1.807) is 6.82 Å². The maximum absolute atomic E-state index is 4.72. The van der Waals surface area contributed by atoms with Crippen molar-refractivity contribution in [2.75, 3.05) is 0 Å². The fourth-order valence-electron chi connectivity index (χ4n) is 1.32. The Bertz CT molecular complexity index is 381. The number of benzene rings is 2. The van der Waals surface area contributed by atoms with Crippen molar-refractivity contribution in [3.8, 4) is 0 Å². The van der Waals surface area contributed by atoms with Crippen LogP contribution in [0.5, 0.6) is 0 Å². The summed E-state index contributed by atoms with van der Waals surface area (Å²) in [6.45, 7) is 13.8. The van der Waals surface area contributed by atoms with Crippen LogP contribution in [0.25, 0.3) is 12.2 Å². The molecule has 0 aliphatic carbocycles. The average Bonchev–Trinajstić information content (AvgIpc) is 2.67. The zero-order valence-corrected chi connectivity index (χ0v) is 16.1. The fourth-order valence-corrected chi connectivity index (χ4v) is 1.32. The van der Waals surface area contributed by atoms with Crippen molar-refractivity contribution >= 4 is 27.1 Å². The van der Waals surface area contributed by atoms with Gasteiger partial charge in [-0.15, -0.1) is 6.82 Å². The van der Waals surface area contributed by atoms with Crippen molar-refractivity contribution < 1.29 is 0 Å². The highest BCUT2D eigenvalue weighted by atomic mass is 13.9. The van der Waals surface area contributed by atoms with Gasteiger partial charge in [-0.25, -0.2) is 0 Å². The first-order valence-corrected chi connectivity index (χ1v) is 8.64. The van der Waals surface area contributed by atoms with Crippen LogP contribution in [0.15, 0.2) is 60.7 Å². The summed E-state index contributed by atoms with van der Waals surface area (Å²) in [5.74, 6) is 0. The van der Waals surface area contributed by atoms with Gasteiger partial charge in [0.05, 0.1) is 7.17 Å². The highest BCUT2D eigenvalue weighted by molar-refractivity contribution is 6.88. The van der Waals surface area contributed by atoms with Crippen molar-refractivity contribution in [2.45, 2.75) is 48.4 Å². The van der Waals surface area contributed by atoms with Crippen LogP contribution in [0, 0.1) is 0 Å². The second-order valence-corrected chi connectivity index (χ2v) is 3.49. The predicted molar refractivity (Wildman–Crippen MR) is 113 cm³/mol. The maximum atomic E-state index is 4.72. The van der Waals surface area contributed by atoms with E-state index < -0.39 is 0 Å². The maximum Gasteiger partial charge on any atom is 0.0502 e. The van der Waals surface area contributed by atoms with Crippen LogP contribution in [0.2, 0.25) is 6.82 Å². The smallest absolute Gasteiger partial charge is 0.0502 e. The van der Waals surface area contributed by atoms with E-state index in [2.05, 4.69) is 36.4 Å².